The number of benzene rings is 1. The van der Waals surface area contributed by atoms with Crippen LogP contribution in [0.3, 0.4) is 0 Å². The van der Waals surface area contributed by atoms with Gasteiger partial charge in [0, 0.05) is 38.8 Å². The van der Waals surface area contributed by atoms with E-state index in [4.69, 9.17) is 0 Å². The Morgan fingerprint density at radius 1 is 1.12 bits per heavy atom. The SMILES string of the molecule is Cc1nc(NCCNC(=O)c2ccc3nsnc3c2)cc(N(C)C)n1. The topological polar surface area (TPSA) is 95.9 Å². The smallest absolute Gasteiger partial charge is 0.251 e. The largest absolute Gasteiger partial charge is 0.368 e. The second-order valence-corrected chi connectivity index (χ2v) is 6.23. The molecule has 1 aromatic carbocycles. The normalized spacial score (nSPS) is 10.7. The van der Waals surface area contributed by atoms with Gasteiger partial charge in [0.25, 0.3) is 5.91 Å². The van der Waals surface area contributed by atoms with Crippen molar-refractivity contribution >= 4 is 40.3 Å². The van der Waals surface area contributed by atoms with Crippen LogP contribution in [0.4, 0.5) is 11.6 Å². The zero-order valence-electron chi connectivity index (χ0n) is 14.3. The van der Waals surface area contributed by atoms with E-state index in [2.05, 4.69) is 29.3 Å². The van der Waals surface area contributed by atoms with Gasteiger partial charge in [-0.2, -0.15) is 8.75 Å². The van der Waals surface area contributed by atoms with Crippen molar-refractivity contribution in [3.8, 4) is 0 Å². The Hall–Kier alpha value is -2.81. The monoisotopic (exact) mass is 357 g/mol. The molecule has 3 aromatic rings. The number of nitrogens with zero attached hydrogens (tertiary/aromatic N) is 5. The first-order valence-corrected chi connectivity index (χ1v) is 8.53. The third-order valence-corrected chi connectivity index (χ3v) is 4.07. The van der Waals surface area contributed by atoms with E-state index in [1.807, 2.05) is 32.0 Å². The summed E-state index contributed by atoms with van der Waals surface area (Å²) < 4.78 is 8.28. The third-order valence-electron chi connectivity index (χ3n) is 3.52. The number of nitrogens with one attached hydrogen (secondary N) is 2. The lowest BCUT2D eigenvalue weighted by Crippen LogP contribution is -2.29. The van der Waals surface area contributed by atoms with E-state index in [1.54, 1.807) is 18.2 Å². The highest BCUT2D eigenvalue weighted by molar-refractivity contribution is 7.00. The molecule has 0 bridgehead atoms. The first-order chi connectivity index (χ1) is 12.0. The number of aromatic nitrogens is 4. The second kappa shape index (κ2) is 7.39. The Morgan fingerprint density at radius 2 is 1.92 bits per heavy atom. The van der Waals surface area contributed by atoms with Crippen LogP contribution in [0.15, 0.2) is 24.3 Å². The Bertz CT molecular complexity index is 893. The van der Waals surface area contributed by atoms with E-state index in [0.29, 0.717) is 24.5 Å². The number of rotatable bonds is 6. The summed E-state index contributed by atoms with van der Waals surface area (Å²) >= 11 is 1.14. The van der Waals surface area contributed by atoms with Crippen LogP contribution in [0.5, 0.6) is 0 Å². The molecular formula is C16H19N7OS. The molecule has 2 aromatic heterocycles. The minimum Gasteiger partial charge on any atom is -0.368 e. The fraction of sp³-hybridized carbons (Fsp3) is 0.312. The summed E-state index contributed by atoms with van der Waals surface area (Å²) in [7, 11) is 3.86. The van der Waals surface area contributed by atoms with Crippen LogP contribution >= 0.6 is 11.7 Å². The van der Waals surface area contributed by atoms with E-state index in [1.165, 1.54) is 0 Å². The number of carbonyl (C=O) groups excluding carboxylic acids is 1. The molecule has 0 aliphatic rings. The summed E-state index contributed by atoms with van der Waals surface area (Å²) in [5.41, 5.74) is 2.12. The Kier molecular flexibility index (Phi) is 5.03. The highest BCUT2D eigenvalue weighted by Gasteiger charge is 2.08. The van der Waals surface area contributed by atoms with Crippen molar-refractivity contribution in [2.24, 2.45) is 0 Å². The van der Waals surface area contributed by atoms with Gasteiger partial charge in [0.15, 0.2) is 0 Å². The molecule has 0 atom stereocenters. The molecule has 3 rings (SSSR count). The number of carbonyl (C=O) groups is 1. The maximum atomic E-state index is 12.2. The standard InChI is InChI=1S/C16H19N7OS/c1-10-19-14(9-15(20-10)23(2)3)17-6-7-18-16(24)11-4-5-12-13(8-11)22-25-21-12/h4-5,8-9H,6-7H2,1-3H3,(H,18,24)(H,17,19,20). The quantitative estimate of drug-likeness (QED) is 0.648. The second-order valence-electron chi connectivity index (χ2n) is 5.70. The molecule has 25 heavy (non-hydrogen) atoms. The number of amides is 1. The van der Waals surface area contributed by atoms with Crippen molar-refractivity contribution < 1.29 is 4.79 Å². The molecule has 0 fully saturated rings. The van der Waals surface area contributed by atoms with Crippen molar-refractivity contribution in [2.45, 2.75) is 6.92 Å². The van der Waals surface area contributed by atoms with Gasteiger partial charge >= 0.3 is 0 Å². The zero-order valence-corrected chi connectivity index (χ0v) is 15.1. The lowest BCUT2D eigenvalue weighted by Gasteiger charge is -2.14. The summed E-state index contributed by atoms with van der Waals surface area (Å²) in [5.74, 6) is 2.14. The number of hydrogen-bond donors (Lipinski definition) is 2. The van der Waals surface area contributed by atoms with Crippen LogP contribution in [-0.4, -0.2) is 51.8 Å². The fourth-order valence-corrected chi connectivity index (χ4v) is 2.78. The molecule has 2 heterocycles. The van der Waals surface area contributed by atoms with Crippen molar-refractivity contribution in [1.82, 2.24) is 24.0 Å². The van der Waals surface area contributed by atoms with Gasteiger partial charge in [-0.05, 0) is 25.1 Å². The molecule has 0 spiro atoms. The molecule has 0 aliphatic heterocycles. The lowest BCUT2D eigenvalue weighted by molar-refractivity contribution is 0.0955. The van der Waals surface area contributed by atoms with E-state index < -0.39 is 0 Å². The van der Waals surface area contributed by atoms with Gasteiger partial charge in [-0.1, -0.05) is 0 Å². The van der Waals surface area contributed by atoms with Crippen LogP contribution in [-0.2, 0) is 0 Å². The van der Waals surface area contributed by atoms with Gasteiger partial charge in [-0.3, -0.25) is 4.79 Å². The van der Waals surface area contributed by atoms with E-state index in [-0.39, 0.29) is 5.91 Å². The van der Waals surface area contributed by atoms with Crippen molar-refractivity contribution in [1.29, 1.82) is 0 Å². The van der Waals surface area contributed by atoms with Gasteiger partial charge in [-0.25, -0.2) is 9.97 Å². The summed E-state index contributed by atoms with van der Waals surface area (Å²) in [6, 6.07) is 7.18. The van der Waals surface area contributed by atoms with Crippen molar-refractivity contribution in [2.75, 3.05) is 37.4 Å². The van der Waals surface area contributed by atoms with Crippen LogP contribution < -0.4 is 15.5 Å². The van der Waals surface area contributed by atoms with Gasteiger partial charge in [0.2, 0.25) is 0 Å². The molecule has 8 nitrogen and oxygen atoms in total. The first-order valence-electron chi connectivity index (χ1n) is 7.80. The number of anilines is 2. The number of hydrogen-bond acceptors (Lipinski definition) is 8. The molecule has 1 amide bonds. The Morgan fingerprint density at radius 3 is 2.72 bits per heavy atom. The zero-order chi connectivity index (χ0) is 17.8. The maximum absolute atomic E-state index is 12.2. The predicted octanol–water partition coefficient (Wildman–Crippen LogP) is 1.70. The van der Waals surface area contributed by atoms with Crippen LogP contribution in [0.2, 0.25) is 0 Å². The van der Waals surface area contributed by atoms with Crippen molar-refractivity contribution in [3.05, 3.63) is 35.7 Å². The van der Waals surface area contributed by atoms with Crippen LogP contribution in [0.25, 0.3) is 11.0 Å². The van der Waals surface area contributed by atoms with Gasteiger partial charge in [-0.15, -0.1) is 0 Å². The molecular weight excluding hydrogens is 338 g/mol. The third kappa shape index (κ3) is 4.18. The van der Waals surface area contributed by atoms with Gasteiger partial charge in [0.05, 0.1) is 11.7 Å². The minimum atomic E-state index is -0.135. The summed E-state index contributed by atoms with van der Waals surface area (Å²) in [5, 5.41) is 6.08. The van der Waals surface area contributed by atoms with Crippen LogP contribution in [0.1, 0.15) is 16.2 Å². The lowest BCUT2D eigenvalue weighted by atomic mass is 10.2. The minimum absolute atomic E-state index is 0.135. The molecule has 130 valence electrons. The van der Waals surface area contributed by atoms with E-state index in [9.17, 15) is 4.79 Å². The molecule has 0 aliphatic carbocycles. The van der Waals surface area contributed by atoms with E-state index in [0.717, 1.165) is 34.4 Å². The van der Waals surface area contributed by atoms with E-state index >= 15 is 0 Å². The fourth-order valence-electron chi connectivity index (χ4n) is 2.26. The number of fused-ring (bicyclic) bond motifs is 1. The molecule has 0 saturated heterocycles. The summed E-state index contributed by atoms with van der Waals surface area (Å²) in [4.78, 5) is 22.8. The molecule has 0 unspecified atom stereocenters. The average molecular weight is 357 g/mol. The summed E-state index contributed by atoms with van der Waals surface area (Å²) in [6.07, 6.45) is 0. The molecule has 2 N–H and O–H groups in total. The Labute approximate surface area is 149 Å². The van der Waals surface area contributed by atoms with Crippen molar-refractivity contribution in [3.63, 3.8) is 0 Å². The van der Waals surface area contributed by atoms with Gasteiger partial charge < -0.3 is 15.5 Å². The first kappa shape index (κ1) is 17.0. The number of aryl methyl sites for hydroxylation is 1. The highest BCUT2D eigenvalue weighted by Crippen LogP contribution is 2.14. The van der Waals surface area contributed by atoms with Gasteiger partial charge in [0.1, 0.15) is 28.5 Å². The highest BCUT2D eigenvalue weighted by atomic mass is 32.1. The predicted molar refractivity (Wildman–Crippen MR) is 99.3 cm³/mol. The average Bonchev–Trinajstić information content (AvgIpc) is 3.05. The molecule has 9 heteroatoms. The molecule has 0 saturated carbocycles. The molecule has 0 radical (unpaired) electrons. The summed E-state index contributed by atoms with van der Waals surface area (Å²) in [6.45, 7) is 2.89. The Balaban J connectivity index is 1.53. The van der Waals surface area contributed by atoms with Crippen LogP contribution in [0, 0.1) is 6.92 Å². The maximum Gasteiger partial charge on any atom is 0.251 e.